The Morgan fingerprint density at radius 1 is 1.05 bits per heavy atom. The van der Waals surface area contributed by atoms with Gasteiger partial charge in [0.05, 0.1) is 18.4 Å². The molecule has 0 saturated heterocycles. The number of aryl methyl sites for hydroxylation is 3. The second-order valence-corrected chi connectivity index (χ2v) is 5.07. The Bertz CT molecular complexity index is 790. The van der Waals surface area contributed by atoms with E-state index in [0.29, 0.717) is 5.88 Å². The molecule has 4 nitrogen and oxygen atoms in total. The van der Waals surface area contributed by atoms with Crippen molar-refractivity contribution in [1.82, 2.24) is 15.0 Å². The van der Waals surface area contributed by atoms with Gasteiger partial charge < -0.3 is 9.72 Å². The molecule has 0 aliphatic carbocycles. The molecule has 3 aromatic rings. The summed E-state index contributed by atoms with van der Waals surface area (Å²) < 4.78 is 5.38. The third kappa shape index (κ3) is 1.93. The topological polar surface area (TPSA) is 50.8 Å². The Balaban J connectivity index is 2.29. The summed E-state index contributed by atoms with van der Waals surface area (Å²) in [6.45, 7) is 6.11. The third-order valence-corrected chi connectivity index (χ3v) is 3.53. The lowest BCUT2D eigenvalue weighted by molar-refractivity contribution is 0.399. The molecule has 0 aromatic carbocycles. The van der Waals surface area contributed by atoms with Gasteiger partial charge in [-0.25, -0.2) is 4.98 Å². The fourth-order valence-electron chi connectivity index (χ4n) is 2.49. The van der Waals surface area contributed by atoms with Crippen LogP contribution in [0.4, 0.5) is 0 Å². The number of methoxy groups -OCH3 is 1. The van der Waals surface area contributed by atoms with E-state index in [1.807, 2.05) is 26.2 Å². The molecule has 0 atom stereocenters. The number of nitrogens with one attached hydrogen (secondary N) is 1. The van der Waals surface area contributed by atoms with Crippen LogP contribution in [0.2, 0.25) is 0 Å². The van der Waals surface area contributed by atoms with Crippen LogP contribution in [-0.4, -0.2) is 22.1 Å². The highest BCUT2D eigenvalue weighted by Crippen LogP contribution is 2.34. The van der Waals surface area contributed by atoms with Gasteiger partial charge in [-0.15, -0.1) is 0 Å². The number of fused-ring (bicyclic) bond motifs is 1. The lowest BCUT2D eigenvalue weighted by Crippen LogP contribution is -1.93. The van der Waals surface area contributed by atoms with Gasteiger partial charge >= 0.3 is 0 Å². The molecule has 0 aliphatic heterocycles. The first kappa shape index (κ1) is 12.7. The van der Waals surface area contributed by atoms with Crippen molar-refractivity contribution in [1.29, 1.82) is 0 Å². The predicted molar refractivity (Wildman–Crippen MR) is 80.1 cm³/mol. The van der Waals surface area contributed by atoms with Crippen molar-refractivity contribution in [2.75, 3.05) is 7.11 Å². The highest BCUT2D eigenvalue weighted by molar-refractivity contribution is 5.91. The minimum atomic E-state index is 0.634. The maximum atomic E-state index is 5.38. The highest BCUT2D eigenvalue weighted by Gasteiger charge is 2.15. The zero-order valence-electron chi connectivity index (χ0n) is 12.1. The molecule has 3 heterocycles. The van der Waals surface area contributed by atoms with Crippen molar-refractivity contribution in [3.63, 3.8) is 0 Å². The van der Waals surface area contributed by atoms with E-state index in [4.69, 9.17) is 4.74 Å². The maximum Gasteiger partial charge on any atom is 0.222 e. The zero-order valence-corrected chi connectivity index (χ0v) is 12.1. The summed E-state index contributed by atoms with van der Waals surface area (Å²) in [4.78, 5) is 12.2. The van der Waals surface area contributed by atoms with Gasteiger partial charge in [0.25, 0.3) is 0 Å². The Hall–Kier alpha value is -2.36. The number of nitrogens with zero attached hydrogens (tertiary/aromatic N) is 2. The molecule has 1 N–H and O–H groups in total. The summed E-state index contributed by atoms with van der Waals surface area (Å²) in [5.74, 6) is 0.634. The van der Waals surface area contributed by atoms with Gasteiger partial charge in [0.1, 0.15) is 0 Å². The fourth-order valence-corrected chi connectivity index (χ4v) is 2.49. The second-order valence-electron chi connectivity index (χ2n) is 5.07. The van der Waals surface area contributed by atoms with Crippen LogP contribution in [-0.2, 0) is 0 Å². The highest BCUT2D eigenvalue weighted by atomic mass is 16.5. The molecule has 102 valence electrons. The number of ether oxygens (including phenoxy) is 1. The quantitative estimate of drug-likeness (QED) is 0.772. The van der Waals surface area contributed by atoms with Crippen LogP contribution in [0.15, 0.2) is 24.5 Å². The molecule has 3 rings (SSSR count). The number of aromatic amines is 1. The van der Waals surface area contributed by atoms with Crippen LogP contribution in [0.3, 0.4) is 0 Å². The summed E-state index contributed by atoms with van der Waals surface area (Å²) in [6.07, 6.45) is 3.72. The van der Waals surface area contributed by atoms with Crippen LogP contribution >= 0.6 is 0 Å². The Kier molecular flexibility index (Phi) is 2.93. The van der Waals surface area contributed by atoms with Gasteiger partial charge in [-0.2, -0.15) is 0 Å². The van der Waals surface area contributed by atoms with E-state index < -0.39 is 0 Å². The first-order valence-electron chi connectivity index (χ1n) is 6.56. The van der Waals surface area contributed by atoms with Crippen LogP contribution < -0.4 is 4.74 Å². The molecule has 0 saturated carbocycles. The molecule has 20 heavy (non-hydrogen) atoms. The molecule has 3 aromatic heterocycles. The molecule has 0 aliphatic rings. The smallest absolute Gasteiger partial charge is 0.222 e. The summed E-state index contributed by atoms with van der Waals surface area (Å²) in [5.41, 5.74) is 6.39. The van der Waals surface area contributed by atoms with E-state index in [9.17, 15) is 0 Å². The predicted octanol–water partition coefficient (Wildman–Crippen LogP) is 3.56. The van der Waals surface area contributed by atoms with Crippen LogP contribution in [0, 0.1) is 20.8 Å². The van der Waals surface area contributed by atoms with Crippen LogP contribution in [0.1, 0.15) is 16.8 Å². The number of hydrogen-bond donors (Lipinski definition) is 1. The number of pyridine rings is 2. The average Bonchev–Trinajstić information content (AvgIpc) is 2.75. The first-order chi connectivity index (χ1) is 9.60. The van der Waals surface area contributed by atoms with E-state index in [1.165, 1.54) is 5.56 Å². The van der Waals surface area contributed by atoms with Crippen molar-refractivity contribution in [3.8, 4) is 17.1 Å². The number of H-pyrrole nitrogens is 1. The number of hydrogen-bond acceptors (Lipinski definition) is 3. The molecule has 0 fully saturated rings. The lowest BCUT2D eigenvalue weighted by atomic mass is 10.1. The number of aromatic nitrogens is 3. The van der Waals surface area contributed by atoms with E-state index in [-0.39, 0.29) is 0 Å². The largest absolute Gasteiger partial charge is 0.481 e. The molecule has 0 amide bonds. The molecule has 0 unspecified atom stereocenters. The summed E-state index contributed by atoms with van der Waals surface area (Å²) in [7, 11) is 1.64. The van der Waals surface area contributed by atoms with Gasteiger partial charge in [0.2, 0.25) is 5.88 Å². The monoisotopic (exact) mass is 267 g/mol. The molecular weight excluding hydrogens is 250 g/mol. The Morgan fingerprint density at radius 3 is 2.60 bits per heavy atom. The molecule has 0 bridgehead atoms. The second kappa shape index (κ2) is 4.63. The SMILES string of the molecule is COc1ncc(C)cc1-c1[nH]c2cc(C)ncc2c1C. The molecular formula is C16H17N3O. The van der Waals surface area contributed by atoms with Crippen molar-refractivity contribution in [3.05, 3.63) is 41.3 Å². The van der Waals surface area contributed by atoms with E-state index in [0.717, 1.165) is 33.4 Å². The minimum absolute atomic E-state index is 0.634. The van der Waals surface area contributed by atoms with Crippen LogP contribution in [0.5, 0.6) is 5.88 Å². The molecule has 4 heteroatoms. The van der Waals surface area contributed by atoms with Gasteiger partial charge in [-0.05, 0) is 44.0 Å². The van der Waals surface area contributed by atoms with Gasteiger partial charge in [-0.1, -0.05) is 0 Å². The maximum absolute atomic E-state index is 5.38. The van der Waals surface area contributed by atoms with Crippen molar-refractivity contribution in [2.45, 2.75) is 20.8 Å². The normalized spacial score (nSPS) is 11.0. The molecule has 0 radical (unpaired) electrons. The number of rotatable bonds is 2. The first-order valence-corrected chi connectivity index (χ1v) is 6.56. The van der Waals surface area contributed by atoms with Gasteiger partial charge in [0, 0.05) is 29.0 Å². The van der Waals surface area contributed by atoms with Crippen LogP contribution in [0.25, 0.3) is 22.2 Å². The van der Waals surface area contributed by atoms with Crippen molar-refractivity contribution in [2.24, 2.45) is 0 Å². The summed E-state index contributed by atoms with van der Waals surface area (Å²) >= 11 is 0. The zero-order chi connectivity index (χ0) is 14.3. The Morgan fingerprint density at radius 2 is 1.85 bits per heavy atom. The third-order valence-electron chi connectivity index (χ3n) is 3.53. The summed E-state index contributed by atoms with van der Waals surface area (Å²) in [5, 5.41) is 1.13. The average molecular weight is 267 g/mol. The van der Waals surface area contributed by atoms with Gasteiger partial charge in [0.15, 0.2) is 0 Å². The van der Waals surface area contributed by atoms with E-state index in [1.54, 1.807) is 7.11 Å². The minimum Gasteiger partial charge on any atom is -0.481 e. The Labute approximate surface area is 117 Å². The standard InChI is InChI=1S/C16H17N3O/c1-9-5-12(16(20-4)18-7-9)15-11(3)13-8-17-10(2)6-14(13)19-15/h5-8,19H,1-4H3. The van der Waals surface area contributed by atoms with E-state index in [2.05, 4.69) is 34.0 Å². The summed E-state index contributed by atoms with van der Waals surface area (Å²) in [6, 6.07) is 4.14. The van der Waals surface area contributed by atoms with Crippen molar-refractivity contribution >= 4 is 10.9 Å². The van der Waals surface area contributed by atoms with E-state index >= 15 is 0 Å². The molecule has 0 spiro atoms. The van der Waals surface area contributed by atoms with Gasteiger partial charge in [-0.3, -0.25) is 4.98 Å². The fraction of sp³-hybridized carbons (Fsp3) is 0.250. The lowest BCUT2D eigenvalue weighted by Gasteiger charge is -2.07. The van der Waals surface area contributed by atoms with Crippen molar-refractivity contribution < 1.29 is 4.74 Å².